The second-order valence-corrected chi connectivity index (χ2v) is 4.84. The van der Waals surface area contributed by atoms with E-state index in [1.165, 1.54) is 7.11 Å². The van der Waals surface area contributed by atoms with Crippen molar-refractivity contribution in [3.8, 4) is 11.1 Å². The first-order valence-corrected chi connectivity index (χ1v) is 6.94. The first kappa shape index (κ1) is 13.4. The van der Waals surface area contributed by atoms with Crippen molar-refractivity contribution in [2.24, 2.45) is 0 Å². The smallest absolute Gasteiger partial charge is 0.317 e. The molecule has 0 saturated carbocycles. The highest BCUT2D eigenvalue weighted by molar-refractivity contribution is 5.97. The van der Waals surface area contributed by atoms with Crippen molar-refractivity contribution < 1.29 is 9.76 Å². The Morgan fingerprint density at radius 2 is 1.90 bits per heavy atom. The number of benzene rings is 2. The maximum Gasteiger partial charge on any atom is 0.317 e. The number of aromatic nitrogens is 1. The second kappa shape index (κ2) is 5.40. The van der Waals surface area contributed by atoms with Gasteiger partial charge in [-0.2, -0.15) is 0 Å². The lowest BCUT2D eigenvalue weighted by Gasteiger charge is -1.99. The molecule has 0 saturated heterocycles. The average molecular weight is 281 g/mol. The van der Waals surface area contributed by atoms with Crippen LogP contribution >= 0.6 is 0 Å². The number of hydrogen-bond donors (Lipinski definition) is 0. The summed E-state index contributed by atoms with van der Waals surface area (Å²) in [7, 11) is 1.37. The van der Waals surface area contributed by atoms with E-state index in [1.807, 2.05) is 30.3 Å². The molecular weight excluding hydrogens is 264 g/mol. The van der Waals surface area contributed by atoms with Gasteiger partial charge in [-0.25, -0.2) is 4.84 Å². The van der Waals surface area contributed by atoms with E-state index < -0.39 is 0 Å². The molecule has 2 aromatic carbocycles. The SMILES string of the molecule is CCn1cc(-c2ccccc2)c2cc([N+](=O)OC)ccc21. The van der Waals surface area contributed by atoms with Gasteiger partial charge in [-0.1, -0.05) is 30.3 Å². The summed E-state index contributed by atoms with van der Waals surface area (Å²) in [5.74, 6) is 0. The van der Waals surface area contributed by atoms with Gasteiger partial charge in [0.05, 0.1) is 4.91 Å². The molecule has 0 atom stereocenters. The van der Waals surface area contributed by atoms with Gasteiger partial charge in [-0.3, -0.25) is 0 Å². The number of rotatable bonds is 4. The summed E-state index contributed by atoms with van der Waals surface area (Å²) in [5, 5.41) is 1.05. The van der Waals surface area contributed by atoms with Gasteiger partial charge in [0, 0.05) is 41.3 Å². The molecule has 4 heteroatoms. The highest BCUT2D eigenvalue weighted by atomic mass is 16.8. The molecule has 106 valence electrons. The summed E-state index contributed by atoms with van der Waals surface area (Å²) in [6.07, 6.45) is 2.13. The molecule has 3 aromatic rings. The standard InChI is InChI=1S/C17H17N2O2/c1-3-18-12-16(13-7-5-4-6-8-13)15-11-14(19(20)21-2)9-10-17(15)18/h4-12H,3H2,1-2H3/q+1. The number of aryl methyl sites for hydroxylation is 1. The minimum absolute atomic E-state index is 0.496. The molecule has 0 amide bonds. The largest absolute Gasteiger partial charge is 0.347 e. The first-order chi connectivity index (χ1) is 10.2. The van der Waals surface area contributed by atoms with Crippen molar-refractivity contribution in [1.82, 2.24) is 4.57 Å². The summed E-state index contributed by atoms with van der Waals surface area (Å²) in [5.41, 5.74) is 3.88. The van der Waals surface area contributed by atoms with Crippen LogP contribution in [0.2, 0.25) is 0 Å². The average Bonchev–Trinajstić information content (AvgIpc) is 2.92. The number of fused-ring (bicyclic) bond motifs is 1. The van der Waals surface area contributed by atoms with Crippen LogP contribution in [-0.4, -0.2) is 16.6 Å². The Bertz CT molecular complexity index is 791. The minimum Gasteiger partial charge on any atom is -0.347 e. The molecular formula is C17H17N2O2+. The highest BCUT2D eigenvalue weighted by Crippen LogP contribution is 2.33. The molecule has 0 fully saturated rings. The quantitative estimate of drug-likeness (QED) is 0.668. The minimum atomic E-state index is 0.496. The van der Waals surface area contributed by atoms with Gasteiger partial charge < -0.3 is 4.57 Å². The molecule has 0 radical (unpaired) electrons. The Morgan fingerprint density at radius 3 is 2.57 bits per heavy atom. The van der Waals surface area contributed by atoms with Crippen LogP contribution in [0.5, 0.6) is 0 Å². The molecule has 21 heavy (non-hydrogen) atoms. The van der Waals surface area contributed by atoms with Crippen LogP contribution in [0.15, 0.2) is 54.7 Å². The Balaban J connectivity index is 2.26. The van der Waals surface area contributed by atoms with Crippen molar-refractivity contribution in [2.45, 2.75) is 13.5 Å². The molecule has 0 aliphatic rings. The van der Waals surface area contributed by atoms with Crippen molar-refractivity contribution in [3.63, 3.8) is 0 Å². The number of hydrogen-bond acceptors (Lipinski definition) is 2. The lowest BCUT2D eigenvalue weighted by Crippen LogP contribution is -1.97. The molecule has 0 spiro atoms. The fraction of sp³-hybridized carbons (Fsp3) is 0.176. The third-order valence-electron chi connectivity index (χ3n) is 3.67. The van der Waals surface area contributed by atoms with E-state index >= 15 is 0 Å². The second-order valence-electron chi connectivity index (χ2n) is 4.84. The van der Waals surface area contributed by atoms with Gasteiger partial charge in [-0.15, -0.1) is 0 Å². The van der Waals surface area contributed by atoms with Crippen LogP contribution < -0.4 is 0 Å². The van der Waals surface area contributed by atoms with Crippen LogP contribution in [0.25, 0.3) is 22.0 Å². The van der Waals surface area contributed by atoms with E-state index in [1.54, 1.807) is 6.07 Å². The molecule has 4 nitrogen and oxygen atoms in total. The molecule has 0 bridgehead atoms. The number of nitrogens with zero attached hydrogens (tertiary/aromatic N) is 2. The summed E-state index contributed by atoms with van der Waals surface area (Å²) in [6.45, 7) is 2.99. The topological polar surface area (TPSA) is 34.2 Å². The molecule has 0 aliphatic heterocycles. The fourth-order valence-corrected chi connectivity index (χ4v) is 2.61. The van der Waals surface area contributed by atoms with E-state index in [0.717, 1.165) is 28.6 Å². The van der Waals surface area contributed by atoms with Gasteiger partial charge in [-0.05, 0) is 18.6 Å². The molecule has 3 rings (SSSR count). The zero-order chi connectivity index (χ0) is 14.8. The van der Waals surface area contributed by atoms with Crippen LogP contribution in [0.4, 0.5) is 5.69 Å². The van der Waals surface area contributed by atoms with Gasteiger partial charge in [0.2, 0.25) is 0 Å². The van der Waals surface area contributed by atoms with Crippen molar-refractivity contribution in [2.75, 3.05) is 7.11 Å². The van der Waals surface area contributed by atoms with Crippen molar-refractivity contribution in [1.29, 1.82) is 0 Å². The highest BCUT2D eigenvalue weighted by Gasteiger charge is 2.18. The fourth-order valence-electron chi connectivity index (χ4n) is 2.61. The Labute approximate surface area is 123 Å². The Morgan fingerprint density at radius 1 is 1.14 bits per heavy atom. The van der Waals surface area contributed by atoms with Crippen molar-refractivity contribution >= 4 is 16.6 Å². The van der Waals surface area contributed by atoms with Gasteiger partial charge in [0.25, 0.3) is 4.92 Å². The molecule has 1 aromatic heterocycles. The normalized spacial score (nSPS) is 10.8. The Hall–Kier alpha value is -2.62. The molecule has 0 aliphatic carbocycles. The molecule has 0 unspecified atom stereocenters. The van der Waals surface area contributed by atoms with Crippen LogP contribution in [0.1, 0.15) is 6.92 Å². The van der Waals surface area contributed by atoms with Crippen LogP contribution in [0, 0.1) is 4.91 Å². The van der Waals surface area contributed by atoms with E-state index in [4.69, 9.17) is 4.84 Å². The van der Waals surface area contributed by atoms with Crippen LogP contribution in [0.3, 0.4) is 0 Å². The monoisotopic (exact) mass is 281 g/mol. The zero-order valence-corrected chi connectivity index (χ0v) is 12.1. The van der Waals surface area contributed by atoms with Crippen molar-refractivity contribution in [3.05, 3.63) is 59.6 Å². The Kier molecular flexibility index (Phi) is 3.44. The lowest BCUT2D eigenvalue weighted by atomic mass is 10.0. The van der Waals surface area contributed by atoms with E-state index in [0.29, 0.717) is 10.6 Å². The summed E-state index contributed by atoms with van der Waals surface area (Å²) < 4.78 is 2.18. The molecule has 0 N–H and O–H groups in total. The summed E-state index contributed by atoms with van der Waals surface area (Å²) in [4.78, 5) is 16.9. The van der Waals surface area contributed by atoms with E-state index in [2.05, 4.69) is 29.8 Å². The third kappa shape index (κ3) is 2.29. The predicted molar refractivity (Wildman–Crippen MR) is 83.3 cm³/mol. The maximum atomic E-state index is 11.7. The first-order valence-electron chi connectivity index (χ1n) is 6.94. The summed E-state index contributed by atoms with van der Waals surface area (Å²) >= 11 is 0. The van der Waals surface area contributed by atoms with Gasteiger partial charge in [0.15, 0.2) is 7.11 Å². The maximum absolute atomic E-state index is 11.7. The van der Waals surface area contributed by atoms with Gasteiger partial charge in [0.1, 0.15) is 0 Å². The zero-order valence-electron chi connectivity index (χ0n) is 12.1. The van der Waals surface area contributed by atoms with Crippen LogP contribution in [-0.2, 0) is 11.4 Å². The predicted octanol–water partition coefficient (Wildman–Crippen LogP) is 4.30. The van der Waals surface area contributed by atoms with E-state index in [9.17, 15) is 4.91 Å². The van der Waals surface area contributed by atoms with E-state index in [-0.39, 0.29) is 0 Å². The molecule has 1 heterocycles. The van der Waals surface area contributed by atoms with Gasteiger partial charge >= 0.3 is 5.69 Å². The third-order valence-corrected chi connectivity index (χ3v) is 3.67. The lowest BCUT2D eigenvalue weighted by molar-refractivity contribution is -0.736. The summed E-state index contributed by atoms with van der Waals surface area (Å²) in [6, 6.07) is 15.8.